The van der Waals surface area contributed by atoms with Crippen molar-refractivity contribution in [3.05, 3.63) is 35.3 Å². The number of carbonyl (C=O) groups is 1. The third kappa shape index (κ3) is 2.73. The van der Waals surface area contributed by atoms with Crippen LogP contribution in [0.5, 0.6) is 11.5 Å². The first kappa shape index (κ1) is 17.9. The number of allylic oxidation sites excluding steroid dienone is 1. The molecule has 130 valence electrons. The van der Waals surface area contributed by atoms with Crippen LogP contribution in [0.15, 0.2) is 29.7 Å². The Morgan fingerprint density at radius 3 is 2.42 bits per heavy atom. The van der Waals surface area contributed by atoms with Crippen molar-refractivity contribution >= 4 is 27.2 Å². The molecule has 0 bridgehead atoms. The van der Waals surface area contributed by atoms with Gasteiger partial charge in [-0.1, -0.05) is 6.08 Å². The van der Waals surface area contributed by atoms with Gasteiger partial charge < -0.3 is 14.8 Å². The molecule has 1 aromatic carbocycles. The van der Waals surface area contributed by atoms with Gasteiger partial charge in [0.1, 0.15) is 0 Å². The summed E-state index contributed by atoms with van der Waals surface area (Å²) in [4.78, 5) is 12.1. The van der Waals surface area contributed by atoms with Crippen molar-refractivity contribution in [2.45, 2.75) is 6.92 Å². The van der Waals surface area contributed by atoms with Crippen molar-refractivity contribution in [3.8, 4) is 11.5 Å². The standard InChI is InChI=1S/C16H20N2O5S/c1-6-7-17-16(19)15-10(2)11-8-13(22-4)14(23-5)9-12(11)18(3)24(15,20)21/h6,8-9H,1,7H2,2-5H3,(H,17,19). The molecule has 1 aromatic rings. The van der Waals surface area contributed by atoms with Crippen molar-refractivity contribution in [1.29, 1.82) is 0 Å². The number of hydrogen-bond donors (Lipinski definition) is 1. The SMILES string of the molecule is C=CCNC(=O)C1=C(C)c2cc(OC)c(OC)cc2N(C)S1(=O)=O. The molecule has 0 saturated heterocycles. The molecule has 0 unspecified atom stereocenters. The van der Waals surface area contributed by atoms with E-state index in [2.05, 4.69) is 11.9 Å². The van der Waals surface area contributed by atoms with Crippen LogP contribution >= 0.6 is 0 Å². The van der Waals surface area contributed by atoms with Crippen LogP contribution in [-0.4, -0.2) is 42.1 Å². The molecular formula is C16H20N2O5S. The van der Waals surface area contributed by atoms with Gasteiger partial charge in [0, 0.05) is 25.2 Å². The van der Waals surface area contributed by atoms with Gasteiger partial charge in [0.2, 0.25) is 0 Å². The van der Waals surface area contributed by atoms with E-state index in [0.29, 0.717) is 28.3 Å². The van der Waals surface area contributed by atoms with Gasteiger partial charge in [-0.15, -0.1) is 6.58 Å². The molecule has 0 spiro atoms. The minimum absolute atomic E-state index is 0.174. The summed E-state index contributed by atoms with van der Waals surface area (Å²) in [5, 5.41) is 2.51. The number of methoxy groups -OCH3 is 2. The number of nitrogens with zero attached hydrogens (tertiary/aromatic N) is 1. The third-order valence-corrected chi connectivity index (χ3v) is 5.74. The summed E-state index contributed by atoms with van der Waals surface area (Å²) in [6.45, 7) is 5.27. The zero-order valence-electron chi connectivity index (χ0n) is 14.0. The monoisotopic (exact) mass is 352 g/mol. The summed E-state index contributed by atoms with van der Waals surface area (Å²) in [6.07, 6.45) is 1.48. The fraction of sp³-hybridized carbons (Fsp3) is 0.312. The minimum atomic E-state index is -3.97. The first-order chi connectivity index (χ1) is 11.3. The lowest BCUT2D eigenvalue weighted by Gasteiger charge is -2.30. The van der Waals surface area contributed by atoms with Gasteiger partial charge in [0.05, 0.1) is 19.9 Å². The van der Waals surface area contributed by atoms with Crippen LogP contribution in [0.3, 0.4) is 0 Å². The Bertz CT molecular complexity index is 827. The van der Waals surface area contributed by atoms with E-state index in [-0.39, 0.29) is 11.4 Å². The average Bonchev–Trinajstić information content (AvgIpc) is 2.56. The number of amides is 1. The lowest BCUT2D eigenvalue weighted by Crippen LogP contribution is -2.39. The summed E-state index contributed by atoms with van der Waals surface area (Å²) >= 11 is 0. The molecule has 1 heterocycles. The summed E-state index contributed by atoms with van der Waals surface area (Å²) < 4.78 is 37.1. The van der Waals surface area contributed by atoms with Crippen LogP contribution in [0.2, 0.25) is 0 Å². The van der Waals surface area contributed by atoms with Gasteiger partial charge in [0.25, 0.3) is 15.9 Å². The fourth-order valence-electron chi connectivity index (χ4n) is 2.54. The van der Waals surface area contributed by atoms with Gasteiger partial charge in [-0.2, -0.15) is 0 Å². The topological polar surface area (TPSA) is 84.9 Å². The predicted octanol–water partition coefficient (Wildman–Crippen LogP) is 1.52. The smallest absolute Gasteiger partial charge is 0.269 e. The van der Waals surface area contributed by atoms with E-state index in [1.807, 2.05) is 0 Å². The van der Waals surface area contributed by atoms with E-state index in [1.165, 1.54) is 27.3 Å². The number of nitrogens with one attached hydrogen (secondary N) is 1. The molecule has 0 aromatic heterocycles. The van der Waals surface area contributed by atoms with Crippen LogP contribution in [0.4, 0.5) is 5.69 Å². The van der Waals surface area contributed by atoms with Gasteiger partial charge >= 0.3 is 0 Å². The first-order valence-electron chi connectivity index (χ1n) is 7.14. The Labute approximate surface area is 141 Å². The van der Waals surface area contributed by atoms with Gasteiger partial charge in [-0.25, -0.2) is 8.42 Å². The molecule has 24 heavy (non-hydrogen) atoms. The molecule has 1 aliphatic rings. The summed E-state index contributed by atoms with van der Waals surface area (Å²) in [7, 11) is 0.388. The molecule has 1 amide bonds. The second-order valence-electron chi connectivity index (χ2n) is 5.15. The molecule has 1 aliphatic heterocycles. The van der Waals surface area contributed by atoms with E-state index in [1.54, 1.807) is 19.1 Å². The zero-order valence-corrected chi connectivity index (χ0v) is 14.9. The first-order valence-corrected chi connectivity index (χ1v) is 8.58. The van der Waals surface area contributed by atoms with Crippen LogP contribution in [-0.2, 0) is 14.8 Å². The molecular weight excluding hydrogens is 332 g/mol. The van der Waals surface area contributed by atoms with Crippen LogP contribution < -0.4 is 19.1 Å². The number of benzene rings is 1. The van der Waals surface area contributed by atoms with Crippen molar-refractivity contribution in [3.63, 3.8) is 0 Å². The van der Waals surface area contributed by atoms with Crippen molar-refractivity contribution < 1.29 is 22.7 Å². The van der Waals surface area contributed by atoms with E-state index in [0.717, 1.165) is 4.31 Å². The average molecular weight is 352 g/mol. The highest BCUT2D eigenvalue weighted by molar-refractivity contribution is 7.97. The molecule has 0 radical (unpaired) electrons. The van der Waals surface area contributed by atoms with Crippen molar-refractivity contribution in [1.82, 2.24) is 5.32 Å². The fourth-order valence-corrected chi connectivity index (χ4v) is 4.03. The molecule has 0 aliphatic carbocycles. The largest absolute Gasteiger partial charge is 0.493 e. The van der Waals surface area contributed by atoms with E-state index in [4.69, 9.17) is 9.47 Å². The number of anilines is 1. The Kier molecular flexibility index (Phi) is 4.88. The Hall–Kier alpha value is -2.48. The highest BCUT2D eigenvalue weighted by Crippen LogP contribution is 2.44. The van der Waals surface area contributed by atoms with Crippen LogP contribution in [0, 0.1) is 0 Å². The molecule has 8 heteroatoms. The zero-order chi connectivity index (χ0) is 18.1. The maximum atomic E-state index is 12.8. The Morgan fingerprint density at radius 2 is 1.88 bits per heavy atom. The number of fused-ring (bicyclic) bond motifs is 1. The van der Waals surface area contributed by atoms with Gasteiger partial charge in [-0.05, 0) is 18.6 Å². The predicted molar refractivity (Wildman–Crippen MR) is 92.7 cm³/mol. The summed E-state index contributed by atoms with van der Waals surface area (Å²) in [5.41, 5.74) is 1.37. The number of ether oxygens (including phenoxy) is 2. The second kappa shape index (κ2) is 6.56. The lowest BCUT2D eigenvalue weighted by molar-refractivity contribution is -0.116. The lowest BCUT2D eigenvalue weighted by atomic mass is 10.0. The van der Waals surface area contributed by atoms with E-state index in [9.17, 15) is 13.2 Å². The Morgan fingerprint density at radius 1 is 1.29 bits per heavy atom. The number of hydrogen-bond acceptors (Lipinski definition) is 5. The molecule has 1 N–H and O–H groups in total. The molecule has 7 nitrogen and oxygen atoms in total. The maximum absolute atomic E-state index is 12.8. The van der Waals surface area contributed by atoms with E-state index < -0.39 is 15.9 Å². The minimum Gasteiger partial charge on any atom is -0.493 e. The normalized spacial score (nSPS) is 15.6. The van der Waals surface area contributed by atoms with Gasteiger partial charge in [-0.3, -0.25) is 9.10 Å². The Balaban J connectivity index is 2.73. The van der Waals surface area contributed by atoms with Crippen molar-refractivity contribution in [2.24, 2.45) is 0 Å². The second-order valence-corrected chi connectivity index (χ2v) is 7.06. The summed E-state index contributed by atoms with van der Waals surface area (Å²) in [5.74, 6) is 0.194. The van der Waals surface area contributed by atoms with Crippen molar-refractivity contribution in [2.75, 3.05) is 32.1 Å². The highest BCUT2D eigenvalue weighted by atomic mass is 32.2. The van der Waals surface area contributed by atoms with Crippen LogP contribution in [0.1, 0.15) is 12.5 Å². The maximum Gasteiger partial charge on any atom is 0.269 e. The number of carbonyl (C=O) groups excluding carboxylic acids is 1. The summed E-state index contributed by atoms with van der Waals surface area (Å²) in [6, 6.07) is 3.24. The van der Waals surface area contributed by atoms with Gasteiger partial charge in [0.15, 0.2) is 16.4 Å². The quantitative estimate of drug-likeness (QED) is 0.812. The molecule has 2 rings (SSSR count). The number of sulfonamides is 1. The molecule has 0 atom stereocenters. The van der Waals surface area contributed by atoms with E-state index >= 15 is 0 Å². The van der Waals surface area contributed by atoms with Crippen LogP contribution in [0.25, 0.3) is 5.57 Å². The molecule has 0 fully saturated rings. The highest BCUT2D eigenvalue weighted by Gasteiger charge is 2.38. The number of rotatable bonds is 5. The molecule has 0 saturated carbocycles. The third-order valence-electron chi connectivity index (χ3n) is 3.82.